The third kappa shape index (κ3) is 5.18. The molecule has 0 aromatic heterocycles. The van der Waals surface area contributed by atoms with Gasteiger partial charge in [-0.3, -0.25) is 9.59 Å². The maximum Gasteiger partial charge on any atom is 0.316 e. The molecule has 0 saturated heterocycles. The van der Waals surface area contributed by atoms with Gasteiger partial charge in [-0.25, -0.2) is 0 Å². The molecule has 2 aliphatic rings. The maximum atomic E-state index is 11.5. The number of hydrogen-bond donors (Lipinski definition) is 0. The van der Waals surface area contributed by atoms with Gasteiger partial charge in [0.1, 0.15) is 0 Å². The number of ether oxygens (including phenoxy) is 2. The van der Waals surface area contributed by atoms with E-state index in [0.717, 1.165) is 44.9 Å². The molecule has 4 heteroatoms. The van der Waals surface area contributed by atoms with Gasteiger partial charge in [0.25, 0.3) is 0 Å². The van der Waals surface area contributed by atoms with Gasteiger partial charge in [0.05, 0.1) is 25.0 Å². The van der Waals surface area contributed by atoms with E-state index in [-0.39, 0.29) is 23.8 Å². The first-order valence-electron chi connectivity index (χ1n) is 8.26. The summed E-state index contributed by atoms with van der Waals surface area (Å²) in [6, 6.07) is 0. The summed E-state index contributed by atoms with van der Waals surface area (Å²) in [5, 5.41) is 0. The summed E-state index contributed by atoms with van der Waals surface area (Å²) in [5.74, 6) is 0.0528. The van der Waals surface area contributed by atoms with Crippen LogP contribution in [0.5, 0.6) is 0 Å². The standard InChI is InChI=1S/C17H26O4/c1-2-20-17(19)15-12-14(15)8-5-3-4-6-11-21-16(18)13-9-7-10-13/h12-13,15H,2-11H2,1H3/t15-/m1/s1. The van der Waals surface area contributed by atoms with Crippen LogP contribution in [0.1, 0.15) is 58.3 Å². The van der Waals surface area contributed by atoms with Crippen molar-refractivity contribution < 1.29 is 19.1 Å². The minimum absolute atomic E-state index is 0.00154. The highest BCUT2D eigenvalue weighted by Crippen LogP contribution is 2.34. The molecule has 118 valence electrons. The van der Waals surface area contributed by atoms with E-state index >= 15 is 0 Å². The summed E-state index contributed by atoms with van der Waals surface area (Å²) in [7, 11) is 0. The van der Waals surface area contributed by atoms with E-state index in [4.69, 9.17) is 9.47 Å². The summed E-state index contributed by atoms with van der Waals surface area (Å²) in [6.45, 7) is 2.84. The first kappa shape index (κ1) is 16.1. The molecule has 2 rings (SSSR count). The Balaban J connectivity index is 1.38. The van der Waals surface area contributed by atoms with Crippen LogP contribution in [-0.2, 0) is 19.1 Å². The molecule has 0 aliphatic heterocycles. The second-order valence-electron chi connectivity index (χ2n) is 5.93. The molecule has 0 aromatic carbocycles. The number of carbonyl (C=O) groups is 2. The van der Waals surface area contributed by atoms with Crippen LogP contribution >= 0.6 is 0 Å². The largest absolute Gasteiger partial charge is 0.465 e. The van der Waals surface area contributed by atoms with Crippen LogP contribution in [0.3, 0.4) is 0 Å². The molecule has 4 nitrogen and oxygen atoms in total. The molecule has 2 aliphatic carbocycles. The van der Waals surface area contributed by atoms with Crippen LogP contribution in [0, 0.1) is 11.8 Å². The summed E-state index contributed by atoms with van der Waals surface area (Å²) in [6.07, 6.45) is 10.4. The molecule has 0 unspecified atom stereocenters. The summed E-state index contributed by atoms with van der Waals surface area (Å²) in [4.78, 5) is 22.9. The fraction of sp³-hybridized carbons (Fsp3) is 0.765. The third-order valence-corrected chi connectivity index (χ3v) is 4.25. The second-order valence-corrected chi connectivity index (χ2v) is 5.93. The summed E-state index contributed by atoms with van der Waals surface area (Å²) < 4.78 is 10.2. The van der Waals surface area contributed by atoms with Gasteiger partial charge >= 0.3 is 11.9 Å². The number of unbranched alkanes of at least 4 members (excludes halogenated alkanes) is 3. The molecule has 1 fully saturated rings. The van der Waals surface area contributed by atoms with Gasteiger partial charge in [-0.1, -0.05) is 30.9 Å². The predicted molar refractivity (Wildman–Crippen MR) is 79.6 cm³/mol. The Labute approximate surface area is 126 Å². The van der Waals surface area contributed by atoms with Crippen LogP contribution in [-0.4, -0.2) is 25.2 Å². The van der Waals surface area contributed by atoms with E-state index in [2.05, 4.69) is 0 Å². The molecule has 0 radical (unpaired) electrons. The number of rotatable bonds is 10. The fourth-order valence-corrected chi connectivity index (χ4v) is 2.58. The highest BCUT2D eigenvalue weighted by molar-refractivity contribution is 5.83. The Morgan fingerprint density at radius 1 is 1.10 bits per heavy atom. The van der Waals surface area contributed by atoms with Gasteiger partial charge < -0.3 is 9.47 Å². The Bertz CT molecular complexity index is 396. The topological polar surface area (TPSA) is 52.6 Å². The van der Waals surface area contributed by atoms with Crippen LogP contribution in [0.2, 0.25) is 0 Å². The number of esters is 2. The van der Waals surface area contributed by atoms with Crippen molar-refractivity contribution in [3.8, 4) is 0 Å². The lowest BCUT2D eigenvalue weighted by atomic mass is 9.86. The van der Waals surface area contributed by atoms with Crippen molar-refractivity contribution >= 4 is 11.9 Å². The van der Waals surface area contributed by atoms with E-state index in [9.17, 15) is 9.59 Å². The molecule has 1 atom stereocenters. The van der Waals surface area contributed by atoms with Gasteiger partial charge in [-0.05, 0) is 39.0 Å². The van der Waals surface area contributed by atoms with Crippen LogP contribution in [0.25, 0.3) is 0 Å². The highest BCUT2D eigenvalue weighted by Gasteiger charge is 2.32. The lowest BCUT2D eigenvalue weighted by Gasteiger charge is -2.22. The third-order valence-electron chi connectivity index (χ3n) is 4.25. The van der Waals surface area contributed by atoms with Gasteiger partial charge in [-0.15, -0.1) is 0 Å². The van der Waals surface area contributed by atoms with Crippen molar-refractivity contribution in [2.75, 3.05) is 13.2 Å². The summed E-state index contributed by atoms with van der Waals surface area (Å²) in [5.41, 5.74) is 1.23. The predicted octanol–water partition coefficient (Wildman–Crippen LogP) is 3.40. The van der Waals surface area contributed by atoms with Crippen molar-refractivity contribution in [2.45, 2.75) is 58.3 Å². The minimum atomic E-state index is -0.101. The van der Waals surface area contributed by atoms with Crippen molar-refractivity contribution in [1.29, 1.82) is 0 Å². The molecule has 0 spiro atoms. The number of hydrogen-bond acceptors (Lipinski definition) is 4. The Kier molecular flexibility index (Phi) is 6.27. The zero-order chi connectivity index (χ0) is 15.1. The average molecular weight is 294 g/mol. The van der Waals surface area contributed by atoms with E-state index in [1.165, 1.54) is 12.0 Å². The minimum Gasteiger partial charge on any atom is -0.465 e. The molecule has 0 aromatic rings. The van der Waals surface area contributed by atoms with Gasteiger partial charge in [0.15, 0.2) is 0 Å². The van der Waals surface area contributed by atoms with Crippen molar-refractivity contribution in [1.82, 2.24) is 0 Å². The van der Waals surface area contributed by atoms with E-state index in [1.54, 1.807) is 0 Å². The smallest absolute Gasteiger partial charge is 0.316 e. The Morgan fingerprint density at radius 3 is 2.52 bits per heavy atom. The molecular formula is C17H26O4. The molecule has 0 bridgehead atoms. The zero-order valence-electron chi connectivity index (χ0n) is 12.9. The SMILES string of the molecule is CCOC(=O)[C@@H]1C=C1CCCCCCOC(=O)C1CCC1. The van der Waals surface area contributed by atoms with E-state index in [1.807, 2.05) is 13.0 Å². The van der Waals surface area contributed by atoms with Crippen LogP contribution < -0.4 is 0 Å². The molecular weight excluding hydrogens is 268 g/mol. The lowest BCUT2D eigenvalue weighted by molar-refractivity contribution is -0.151. The first-order chi connectivity index (χ1) is 10.2. The quantitative estimate of drug-likeness (QED) is 0.352. The Hall–Kier alpha value is -1.32. The molecule has 1 saturated carbocycles. The average Bonchev–Trinajstić information content (AvgIpc) is 3.15. The second kappa shape index (κ2) is 8.20. The Morgan fingerprint density at radius 2 is 1.86 bits per heavy atom. The van der Waals surface area contributed by atoms with Gasteiger partial charge in [0, 0.05) is 0 Å². The number of carbonyl (C=O) groups excluding carboxylic acids is 2. The summed E-state index contributed by atoms with van der Waals surface area (Å²) >= 11 is 0. The highest BCUT2D eigenvalue weighted by atomic mass is 16.5. The molecule has 21 heavy (non-hydrogen) atoms. The van der Waals surface area contributed by atoms with E-state index < -0.39 is 0 Å². The monoisotopic (exact) mass is 294 g/mol. The molecule has 0 amide bonds. The van der Waals surface area contributed by atoms with Crippen molar-refractivity contribution in [3.63, 3.8) is 0 Å². The first-order valence-corrected chi connectivity index (χ1v) is 8.26. The van der Waals surface area contributed by atoms with Crippen LogP contribution in [0.15, 0.2) is 11.6 Å². The lowest BCUT2D eigenvalue weighted by Crippen LogP contribution is -2.24. The fourth-order valence-electron chi connectivity index (χ4n) is 2.58. The zero-order valence-corrected chi connectivity index (χ0v) is 12.9. The van der Waals surface area contributed by atoms with Gasteiger partial charge in [0.2, 0.25) is 0 Å². The van der Waals surface area contributed by atoms with Crippen molar-refractivity contribution in [3.05, 3.63) is 11.6 Å². The molecule has 0 heterocycles. The van der Waals surface area contributed by atoms with Crippen LogP contribution in [0.4, 0.5) is 0 Å². The van der Waals surface area contributed by atoms with E-state index in [0.29, 0.717) is 13.2 Å². The maximum absolute atomic E-state index is 11.5. The van der Waals surface area contributed by atoms with Gasteiger partial charge in [-0.2, -0.15) is 0 Å². The molecule has 0 N–H and O–H groups in total. The van der Waals surface area contributed by atoms with Crippen molar-refractivity contribution in [2.24, 2.45) is 11.8 Å². The normalized spacial score (nSPS) is 20.4.